The first-order chi connectivity index (χ1) is 8.66. The maximum atomic E-state index is 6.31. The van der Waals surface area contributed by atoms with Gasteiger partial charge in [-0.25, -0.2) is 4.98 Å². The molecule has 0 aliphatic heterocycles. The zero-order chi connectivity index (χ0) is 12.7. The molecular weight excluding hydrogens is 246 g/mol. The summed E-state index contributed by atoms with van der Waals surface area (Å²) in [6, 6.07) is 6.25. The molecule has 0 bridgehead atoms. The molecule has 18 heavy (non-hydrogen) atoms. The molecule has 0 amide bonds. The van der Waals surface area contributed by atoms with Gasteiger partial charge in [-0.1, -0.05) is 24.6 Å². The van der Waals surface area contributed by atoms with E-state index in [-0.39, 0.29) is 0 Å². The Balaban J connectivity index is 2.08. The lowest BCUT2D eigenvalue weighted by Crippen LogP contribution is -2.18. The molecule has 1 aromatic heterocycles. The van der Waals surface area contributed by atoms with Crippen molar-refractivity contribution < 1.29 is 0 Å². The minimum atomic E-state index is 0.450. The van der Waals surface area contributed by atoms with Crippen molar-refractivity contribution in [2.45, 2.75) is 38.6 Å². The normalized spacial score (nSPS) is 24.6. The highest BCUT2D eigenvalue weighted by Gasteiger charge is 2.23. The molecule has 0 spiro atoms. The van der Waals surface area contributed by atoms with Crippen molar-refractivity contribution in [3.63, 3.8) is 0 Å². The summed E-state index contributed by atoms with van der Waals surface area (Å²) in [7, 11) is 0. The molecule has 1 aromatic carbocycles. The van der Waals surface area contributed by atoms with E-state index in [1.807, 2.05) is 18.2 Å². The molecule has 0 radical (unpaired) electrons. The number of aromatic nitrogens is 2. The van der Waals surface area contributed by atoms with Crippen LogP contribution < -0.4 is 5.73 Å². The van der Waals surface area contributed by atoms with Gasteiger partial charge in [-0.05, 0) is 43.7 Å². The molecule has 0 unspecified atom stereocenters. The number of hydrogen-bond donors (Lipinski definition) is 1. The number of rotatable bonds is 1. The third kappa shape index (κ3) is 1.87. The summed E-state index contributed by atoms with van der Waals surface area (Å²) in [6.07, 6.45) is 4.85. The molecule has 1 fully saturated rings. The lowest BCUT2D eigenvalue weighted by atomic mass is 9.87. The Morgan fingerprint density at radius 1 is 1.28 bits per heavy atom. The minimum absolute atomic E-state index is 0.450. The number of nitrogens with two attached hydrogens (primary N) is 1. The van der Waals surface area contributed by atoms with Gasteiger partial charge in [-0.3, -0.25) is 0 Å². The van der Waals surface area contributed by atoms with Gasteiger partial charge < -0.3 is 10.3 Å². The van der Waals surface area contributed by atoms with Gasteiger partial charge >= 0.3 is 0 Å². The summed E-state index contributed by atoms with van der Waals surface area (Å²) in [5.41, 5.74) is 7.98. The Morgan fingerprint density at radius 3 is 2.72 bits per heavy atom. The van der Waals surface area contributed by atoms with Crippen LogP contribution in [0.25, 0.3) is 11.0 Å². The first-order valence-electron chi connectivity index (χ1n) is 6.58. The monoisotopic (exact) mass is 263 g/mol. The summed E-state index contributed by atoms with van der Waals surface area (Å²) in [5.74, 6) is 1.42. The van der Waals surface area contributed by atoms with Gasteiger partial charge in [0.25, 0.3) is 0 Å². The first-order valence-corrected chi connectivity index (χ1v) is 6.96. The topological polar surface area (TPSA) is 43.8 Å². The van der Waals surface area contributed by atoms with Crippen molar-refractivity contribution >= 4 is 28.6 Å². The van der Waals surface area contributed by atoms with Crippen LogP contribution in [-0.4, -0.2) is 9.55 Å². The number of para-hydroxylation sites is 1. The predicted molar refractivity (Wildman–Crippen MR) is 75.8 cm³/mol. The van der Waals surface area contributed by atoms with Crippen LogP contribution in [0.15, 0.2) is 18.2 Å². The number of imidazole rings is 1. The van der Waals surface area contributed by atoms with E-state index in [1.54, 1.807) is 0 Å². The Labute approximate surface area is 112 Å². The summed E-state index contributed by atoms with van der Waals surface area (Å²) in [5, 5.41) is 0.746. The Bertz CT molecular complexity index is 568. The van der Waals surface area contributed by atoms with E-state index in [9.17, 15) is 0 Å². The van der Waals surface area contributed by atoms with Gasteiger partial charge in [0.1, 0.15) is 0 Å². The quantitative estimate of drug-likeness (QED) is 0.844. The van der Waals surface area contributed by atoms with Crippen molar-refractivity contribution in [1.82, 2.24) is 9.55 Å². The van der Waals surface area contributed by atoms with Crippen molar-refractivity contribution in [2.75, 3.05) is 5.73 Å². The van der Waals surface area contributed by atoms with Crippen LogP contribution in [0.5, 0.6) is 0 Å². The zero-order valence-corrected chi connectivity index (χ0v) is 11.3. The second-order valence-corrected chi connectivity index (χ2v) is 5.77. The third-order valence-corrected chi connectivity index (χ3v) is 4.34. The fourth-order valence-corrected chi connectivity index (χ4v) is 3.26. The van der Waals surface area contributed by atoms with Crippen LogP contribution in [0.2, 0.25) is 5.02 Å². The molecule has 3 nitrogen and oxygen atoms in total. The van der Waals surface area contributed by atoms with Crippen molar-refractivity contribution in [3.8, 4) is 0 Å². The third-order valence-electron chi connectivity index (χ3n) is 4.04. The maximum Gasteiger partial charge on any atom is 0.201 e. The lowest BCUT2D eigenvalue weighted by Gasteiger charge is -2.28. The molecule has 2 aromatic rings. The summed E-state index contributed by atoms with van der Waals surface area (Å²) < 4.78 is 2.14. The number of benzene rings is 1. The van der Waals surface area contributed by atoms with Crippen LogP contribution in [0.3, 0.4) is 0 Å². The largest absolute Gasteiger partial charge is 0.369 e. The number of nitrogens with zero attached hydrogens (tertiary/aromatic N) is 2. The average Bonchev–Trinajstić information content (AvgIpc) is 2.68. The van der Waals surface area contributed by atoms with Crippen LogP contribution in [-0.2, 0) is 0 Å². The zero-order valence-electron chi connectivity index (χ0n) is 10.6. The van der Waals surface area contributed by atoms with E-state index in [2.05, 4.69) is 16.5 Å². The highest BCUT2D eigenvalue weighted by atomic mass is 35.5. The number of halogens is 1. The Kier molecular flexibility index (Phi) is 2.94. The smallest absolute Gasteiger partial charge is 0.201 e. The van der Waals surface area contributed by atoms with Gasteiger partial charge in [0.05, 0.1) is 16.1 Å². The Hall–Kier alpha value is -1.22. The predicted octanol–water partition coefficient (Wildman–Crippen LogP) is 4.02. The fourth-order valence-electron chi connectivity index (χ4n) is 2.99. The Morgan fingerprint density at radius 2 is 2.00 bits per heavy atom. The number of hydrogen-bond acceptors (Lipinski definition) is 2. The van der Waals surface area contributed by atoms with E-state index >= 15 is 0 Å². The van der Waals surface area contributed by atoms with E-state index in [0.717, 1.165) is 22.0 Å². The molecule has 1 heterocycles. The highest BCUT2D eigenvalue weighted by molar-refractivity contribution is 6.35. The lowest BCUT2D eigenvalue weighted by molar-refractivity contribution is 0.296. The van der Waals surface area contributed by atoms with Gasteiger partial charge in [-0.15, -0.1) is 0 Å². The van der Waals surface area contributed by atoms with Crippen LogP contribution in [0.4, 0.5) is 5.95 Å². The number of fused-ring (bicyclic) bond motifs is 1. The molecule has 0 atom stereocenters. The van der Waals surface area contributed by atoms with Gasteiger partial charge in [0.15, 0.2) is 0 Å². The molecular formula is C14H18ClN3. The maximum absolute atomic E-state index is 6.31. The van der Waals surface area contributed by atoms with E-state index in [0.29, 0.717) is 12.0 Å². The van der Waals surface area contributed by atoms with Crippen molar-refractivity contribution in [3.05, 3.63) is 23.2 Å². The van der Waals surface area contributed by atoms with Crippen molar-refractivity contribution in [1.29, 1.82) is 0 Å². The van der Waals surface area contributed by atoms with E-state index in [4.69, 9.17) is 17.3 Å². The van der Waals surface area contributed by atoms with E-state index < -0.39 is 0 Å². The van der Waals surface area contributed by atoms with Gasteiger partial charge in [0, 0.05) is 6.04 Å². The summed E-state index contributed by atoms with van der Waals surface area (Å²) in [4.78, 5) is 4.42. The molecule has 4 heteroatoms. The summed E-state index contributed by atoms with van der Waals surface area (Å²) >= 11 is 6.31. The minimum Gasteiger partial charge on any atom is -0.369 e. The van der Waals surface area contributed by atoms with Crippen LogP contribution >= 0.6 is 11.6 Å². The second kappa shape index (κ2) is 4.47. The average molecular weight is 264 g/mol. The van der Waals surface area contributed by atoms with Crippen LogP contribution in [0, 0.1) is 5.92 Å². The SMILES string of the molecule is CC1CCC(n2c(N)nc3cccc(Cl)c32)CC1. The number of nitrogen functional groups attached to an aromatic ring is 1. The van der Waals surface area contributed by atoms with Crippen molar-refractivity contribution in [2.24, 2.45) is 5.92 Å². The molecule has 0 saturated heterocycles. The standard InChI is InChI=1S/C14H18ClN3/c1-9-5-7-10(8-6-9)18-13-11(15)3-2-4-12(13)17-14(18)16/h2-4,9-10H,5-8H2,1H3,(H2,16,17). The summed E-state index contributed by atoms with van der Waals surface area (Å²) in [6.45, 7) is 2.32. The molecule has 1 aliphatic carbocycles. The van der Waals surface area contributed by atoms with Gasteiger partial charge in [0.2, 0.25) is 5.95 Å². The molecule has 1 saturated carbocycles. The molecule has 1 aliphatic rings. The second-order valence-electron chi connectivity index (χ2n) is 5.36. The molecule has 2 N–H and O–H groups in total. The van der Waals surface area contributed by atoms with Crippen LogP contribution in [0.1, 0.15) is 38.6 Å². The fraction of sp³-hybridized carbons (Fsp3) is 0.500. The highest BCUT2D eigenvalue weighted by Crippen LogP contribution is 2.37. The molecule has 3 rings (SSSR count). The number of anilines is 1. The van der Waals surface area contributed by atoms with E-state index in [1.165, 1.54) is 25.7 Å². The van der Waals surface area contributed by atoms with Gasteiger partial charge in [-0.2, -0.15) is 0 Å². The molecule has 96 valence electrons. The first kappa shape index (κ1) is 11.8.